The van der Waals surface area contributed by atoms with Crippen molar-refractivity contribution >= 4 is 19.7 Å². The fraction of sp³-hybridized carbons (Fsp3) is 0.276. The van der Waals surface area contributed by atoms with Gasteiger partial charge >= 0.3 is 0 Å². The zero-order valence-corrected chi connectivity index (χ0v) is 20.5. The maximum atomic E-state index is 13.5. The van der Waals surface area contributed by atoms with Crippen LogP contribution in [0.25, 0.3) is 0 Å². The first-order valence-corrected chi connectivity index (χ1v) is 15.1. The van der Waals surface area contributed by atoms with Gasteiger partial charge in [-0.1, -0.05) is 68.0 Å². The summed E-state index contributed by atoms with van der Waals surface area (Å²) in [7, 11) is -1.44. The molecule has 1 heterocycles. The molecular formula is C29H30FNOSi. The largest absolute Gasteiger partial charge is 0.304 e. The second kappa shape index (κ2) is 9.76. The fourth-order valence-electron chi connectivity index (χ4n) is 4.29. The molecule has 0 aliphatic carbocycles. The molecule has 1 saturated heterocycles. The Morgan fingerprint density at radius 3 is 2.21 bits per heavy atom. The Bertz CT molecular complexity index is 1150. The van der Waals surface area contributed by atoms with E-state index in [2.05, 4.69) is 79.6 Å². The van der Waals surface area contributed by atoms with Gasteiger partial charge in [0.05, 0.1) is 12.0 Å². The van der Waals surface area contributed by atoms with E-state index in [4.69, 9.17) is 0 Å². The molecular weight excluding hydrogens is 425 g/mol. The van der Waals surface area contributed by atoms with E-state index in [1.165, 1.54) is 17.7 Å². The summed E-state index contributed by atoms with van der Waals surface area (Å²) in [6.07, 6.45) is 2.74. The number of β-lactam (4-membered cyclic amide) rings is 1. The number of anilines is 1. The van der Waals surface area contributed by atoms with Crippen LogP contribution in [-0.2, 0) is 11.2 Å². The molecule has 0 spiro atoms. The Labute approximate surface area is 197 Å². The highest BCUT2D eigenvalue weighted by Gasteiger charge is 2.48. The zero-order chi connectivity index (χ0) is 23.4. The summed E-state index contributed by atoms with van der Waals surface area (Å²) in [5.41, 5.74) is 7.54. The van der Waals surface area contributed by atoms with Crippen molar-refractivity contribution in [2.75, 3.05) is 4.90 Å². The molecule has 2 atom stereocenters. The standard InChI is InChI=1S/C29H30FNOSi/c1-33(2,3)21-20-23-12-14-24(15-13-23)28-27(11-7-10-22-8-5-4-6-9-22)29(32)31(28)26-18-16-25(30)17-19-26/h4-6,8-9,12-19,27-28H,7,10-11H2,1-3H3/t27-,28-/m1/s1. The Hall–Kier alpha value is -3.16. The molecule has 1 aliphatic heterocycles. The molecule has 33 heavy (non-hydrogen) atoms. The maximum absolute atomic E-state index is 13.5. The van der Waals surface area contributed by atoms with E-state index in [0.717, 1.165) is 36.1 Å². The van der Waals surface area contributed by atoms with Crippen molar-refractivity contribution in [3.8, 4) is 11.5 Å². The number of benzene rings is 3. The van der Waals surface area contributed by atoms with Crippen molar-refractivity contribution in [3.05, 3.63) is 101 Å². The molecule has 0 saturated carbocycles. The topological polar surface area (TPSA) is 20.3 Å². The van der Waals surface area contributed by atoms with Crippen LogP contribution in [0.3, 0.4) is 0 Å². The molecule has 2 nitrogen and oxygen atoms in total. The smallest absolute Gasteiger partial charge is 0.233 e. The van der Waals surface area contributed by atoms with Crippen LogP contribution in [0, 0.1) is 23.2 Å². The van der Waals surface area contributed by atoms with Crippen molar-refractivity contribution in [2.24, 2.45) is 5.92 Å². The highest BCUT2D eigenvalue weighted by atomic mass is 28.3. The summed E-state index contributed by atoms with van der Waals surface area (Å²) in [5, 5.41) is 0. The summed E-state index contributed by atoms with van der Waals surface area (Å²) in [4.78, 5) is 15.0. The molecule has 4 heteroatoms. The number of hydrogen-bond acceptors (Lipinski definition) is 1. The molecule has 3 aromatic rings. The Balaban J connectivity index is 1.55. The number of aryl methyl sites for hydroxylation is 1. The quantitative estimate of drug-likeness (QED) is 0.228. The normalized spacial score (nSPS) is 17.8. The van der Waals surface area contributed by atoms with Gasteiger partial charge < -0.3 is 4.90 Å². The highest BCUT2D eigenvalue weighted by molar-refractivity contribution is 6.83. The minimum atomic E-state index is -1.44. The molecule has 0 N–H and O–H groups in total. The van der Waals surface area contributed by atoms with E-state index in [-0.39, 0.29) is 23.7 Å². The van der Waals surface area contributed by atoms with Crippen molar-refractivity contribution in [1.82, 2.24) is 0 Å². The number of hydrogen-bond donors (Lipinski definition) is 0. The average molecular weight is 456 g/mol. The highest BCUT2D eigenvalue weighted by Crippen LogP contribution is 2.45. The van der Waals surface area contributed by atoms with Gasteiger partial charge in [-0.3, -0.25) is 4.79 Å². The van der Waals surface area contributed by atoms with E-state index in [1.807, 2.05) is 11.0 Å². The van der Waals surface area contributed by atoms with Crippen LogP contribution in [0.5, 0.6) is 0 Å². The minimum Gasteiger partial charge on any atom is -0.304 e. The van der Waals surface area contributed by atoms with Crippen LogP contribution in [0.15, 0.2) is 78.9 Å². The van der Waals surface area contributed by atoms with Crippen LogP contribution < -0.4 is 4.90 Å². The molecule has 4 rings (SSSR count). The third-order valence-corrected chi connectivity index (χ3v) is 6.85. The van der Waals surface area contributed by atoms with E-state index in [1.54, 1.807) is 12.1 Å². The summed E-state index contributed by atoms with van der Waals surface area (Å²) in [6, 6.07) is 24.8. The number of nitrogens with zero attached hydrogens (tertiary/aromatic N) is 1. The predicted octanol–water partition coefficient (Wildman–Crippen LogP) is 6.78. The van der Waals surface area contributed by atoms with Crippen LogP contribution in [0.2, 0.25) is 19.6 Å². The number of carbonyl (C=O) groups is 1. The Morgan fingerprint density at radius 1 is 0.909 bits per heavy atom. The first-order valence-electron chi connectivity index (χ1n) is 11.6. The maximum Gasteiger partial charge on any atom is 0.233 e. The third kappa shape index (κ3) is 5.61. The molecule has 168 valence electrons. The number of carbonyl (C=O) groups excluding carboxylic acids is 1. The molecule has 1 amide bonds. The van der Waals surface area contributed by atoms with Gasteiger partial charge in [-0.2, -0.15) is 0 Å². The Morgan fingerprint density at radius 2 is 1.58 bits per heavy atom. The molecule has 0 radical (unpaired) electrons. The van der Waals surface area contributed by atoms with E-state index in [9.17, 15) is 9.18 Å². The lowest BCUT2D eigenvalue weighted by Crippen LogP contribution is -2.55. The van der Waals surface area contributed by atoms with E-state index >= 15 is 0 Å². The number of halogens is 1. The van der Waals surface area contributed by atoms with Crippen molar-refractivity contribution in [2.45, 2.75) is 44.9 Å². The first-order chi connectivity index (χ1) is 15.8. The lowest BCUT2D eigenvalue weighted by Gasteiger charge is -2.47. The van der Waals surface area contributed by atoms with Gasteiger partial charge in [0.15, 0.2) is 0 Å². The Kier molecular flexibility index (Phi) is 6.81. The molecule has 0 unspecified atom stereocenters. The lowest BCUT2D eigenvalue weighted by atomic mass is 9.78. The SMILES string of the molecule is C[Si](C)(C)C#Cc1ccc([C@@H]2[C@@H](CCCc3ccccc3)C(=O)N2c2ccc(F)cc2)cc1. The van der Waals surface area contributed by atoms with Gasteiger partial charge in [-0.25, -0.2) is 4.39 Å². The van der Waals surface area contributed by atoms with Crippen molar-refractivity contribution in [3.63, 3.8) is 0 Å². The molecule has 0 bridgehead atoms. The summed E-state index contributed by atoms with van der Waals surface area (Å²) >= 11 is 0. The van der Waals surface area contributed by atoms with Crippen LogP contribution in [-0.4, -0.2) is 14.0 Å². The van der Waals surface area contributed by atoms with Crippen LogP contribution in [0.1, 0.15) is 35.6 Å². The van der Waals surface area contributed by atoms with E-state index < -0.39 is 8.07 Å². The first kappa shape index (κ1) is 23.0. The molecule has 0 aromatic heterocycles. The second-order valence-electron chi connectivity index (χ2n) is 9.74. The zero-order valence-electron chi connectivity index (χ0n) is 19.5. The van der Waals surface area contributed by atoms with Gasteiger partial charge in [0.1, 0.15) is 13.9 Å². The predicted molar refractivity (Wildman–Crippen MR) is 136 cm³/mol. The van der Waals surface area contributed by atoms with Gasteiger partial charge in [0, 0.05) is 11.3 Å². The summed E-state index contributed by atoms with van der Waals surface area (Å²) in [6.45, 7) is 6.69. The second-order valence-corrected chi connectivity index (χ2v) is 14.5. The number of amides is 1. The van der Waals surface area contributed by atoms with Gasteiger partial charge in [-0.05, 0) is 66.8 Å². The fourth-order valence-corrected chi connectivity index (χ4v) is 4.81. The van der Waals surface area contributed by atoms with Gasteiger partial charge in [-0.15, -0.1) is 5.54 Å². The molecule has 1 aliphatic rings. The van der Waals surface area contributed by atoms with Crippen LogP contribution in [0.4, 0.5) is 10.1 Å². The molecule has 3 aromatic carbocycles. The third-order valence-electron chi connectivity index (χ3n) is 5.98. The number of rotatable bonds is 6. The summed E-state index contributed by atoms with van der Waals surface area (Å²) < 4.78 is 13.5. The minimum absolute atomic E-state index is 0.0438. The van der Waals surface area contributed by atoms with Crippen molar-refractivity contribution < 1.29 is 9.18 Å². The van der Waals surface area contributed by atoms with Crippen LogP contribution >= 0.6 is 0 Å². The molecule has 1 fully saturated rings. The summed E-state index contributed by atoms with van der Waals surface area (Å²) in [5.74, 6) is 3.04. The monoisotopic (exact) mass is 455 g/mol. The lowest BCUT2D eigenvalue weighted by molar-refractivity contribution is -0.130. The van der Waals surface area contributed by atoms with Gasteiger partial charge in [0.25, 0.3) is 0 Å². The van der Waals surface area contributed by atoms with Gasteiger partial charge in [0.2, 0.25) is 5.91 Å². The van der Waals surface area contributed by atoms with E-state index in [0.29, 0.717) is 0 Å². The van der Waals surface area contributed by atoms with Crippen molar-refractivity contribution in [1.29, 1.82) is 0 Å². The average Bonchev–Trinajstić information content (AvgIpc) is 2.80.